The molecule has 4 heteroatoms. The molecule has 1 aliphatic rings. The molecular weight excluding hydrogens is 256 g/mol. The predicted octanol–water partition coefficient (Wildman–Crippen LogP) is 1.89. The number of pyridine rings is 1. The van der Waals surface area contributed by atoms with Crippen LogP contribution in [-0.2, 0) is 11.3 Å². The Bertz CT molecular complexity index is 381. The lowest BCUT2D eigenvalue weighted by Crippen LogP contribution is -2.27. The van der Waals surface area contributed by atoms with E-state index in [1.807, 2.05) is 24.0 Å². The number of alkyl halides is 1. The molecule has 0 saturated carbocycles. The fourth-order valence-corrected chi connectivity index (χ4v) is 2.22. The van der Waals surface area contributed by atoms with Crippen molar-refractivity contribution in [2.24, 2.45) is 0 Å². The number of likely N-dealkylation sites (tertiary alicyclic amines) is 1. The fraction of sp³-hybridized carbons (Fsp3) is 0.455. The van der Waals surface area contributed by atoms with Crippen LogP contribution in [0.2, 0.25) is 0 Å². The minimum atomic E-state index is 0.00141. The SMILES string of the molecule is Cc1cccnc1CN1CCC(Br)C1=O. The largest absolute Gasteiger partial charge is 0.336 e. The Morgan fingerprint density at radius 1 is 1.67 bits per heavy atom. The van der Waals surface area contributed by atoms with Crippen LogP contribution in [0.3, 0.4) is 0 Å². The number of halogens is 1. The van der Waals surface area contributed by atoms with Crippen molar-refractivity contribution in [1.82, 2.24) is 9.88 Å². The average Bonchev–Trinajstić information content (AvgIpc) is 2.53. The van der Waals surface area contributed by atoms with E-state index in [-0.39, 0.29) is 10.7 Å². The summed E-state index contributed by atoms with van der Waals surface area (Å²) in [6.07, 6.45) is 2.67. The number of nitrogens with zero attached hydrogens (tertiary/aromatic N) is 2. The van der Waals surface area contributed by atoms with Gasteiger partial charge in [0, 0.05) is 12.7 Å². The van der Waals surface area contributed by atoms with Gasteiger partial charge in [0.15, 0.2) is 0 Å². The van der Waals surface area contributed by atoms with Gasteiger partial charge in [-0.15, -0.1) is 0 Å². The molecule has 0 bridgehead atoms. The molecule has 2 rings (SSSR count). The zero-order chi connectivity index (χ0) is 10.8. The van der Waals surface area contributed by atoms with E-state index in [0.717, 1.165) is 24.2 Å². The first-order valence-corrected chi connectivity index (χ1v) is 5.93. The smallest absolute Gasteiger partial charge is 0.236 e. The molecule has 1 amide bonds. The number of rotatable bonds is 2. The van der Waals surface area contributed by atoms with Crippen molar-refractivity contribution in [3.63, 3.8) is 0 Å². The third kappa shape index (κ3) is 2.20. The molecule has 0 spiro atoms. The maximum atomic E-state index is 11.7. The highest BCUT2D eigenvalue weighted by Crippen LogP contribution is 2.20. The minimum absolute atomic E-state index is 0.00141. The second-order valence-electron chi connectivity index (χ2n) is 3.78. The Morgan fingerprint density at radius 2 is 2.47 bits per heavy atom. The molecule has 3 nitrogen and oxygen atoms in total. The van der Waals surface area contributed by atoms with Crippen LogP contribution in [0, 0.1) is 6.92 Å². The maximum Gasteiger partial charge on any atom is 0.236 e. The van der Waals surface area contributed by atoms with E-state index in [0.29, 0.717) is 6.54 Å². The number of hydrogen-bond acceptors (Lipinski definition) is 2. The van der Waals surface area contributed by atoms with Gasteiger partial charge in [0.2, 0.25) is 5.91 Å². The number of amides is 1. The molecule has 1 atom stereocenters. The molecule has 1 aliphatic heterocycles. The van der Waals surface area contributed by atoms with E-state index in [2.05, 4.69) is 20.9 Å². The molecule has 1 unspecified atom stereocenters. The number of hydrogen-bond donors (Lipinski definition) is 0. The predicted molar refractivity (Wildman–Crippen MR) is 61.7 cm³/mol. The summed E-state index contributed by atoms with van der Waals surface area (Å²) >= 11 is 3.36. The van der Waals surface area contributed by atoms with E-state index >= 15 is 0 Å². The first-order chi connectivity index (χ1) is 7.18. The Hall–Kier alpha value is -0.900. The van der Waals surface area contributed by atoms with Crippen LogP contribution >= 0.6 is 15.9 Å². The van der Waals surface area contributed by atoms with Gasteiger partial charge in [0.05, 0.1) is 17.1 Å². The van der Waals surface area contributed by atoms with Gasteiger partial charge in [0.1, 0.15) is 0 Å². The summed E-state index contributed by atoms with van der Waals surface area (Å²) < 4.78 is 0. The highest BCUT2D eigenvalue weighted by molar-refractivity contribution is 9.10. The summed E-state index contributed by atoms with van der Waals surface area (Å²) in [5.74, 6) is 0.181. The summed E-state index contributed by atoms with van der Waals surface area (Å²) in [7, 11) is 0. The zero-order valence-corrected chi connectivity index (χ0v) is 10.2. The van der Waals surface area contributed by atoms with E-state index in [9.17, 15) is 4.79 Å². The van der Waals surface area contributed by atoms with E-state index < -0.39 is 0 Å². The molecule has 1 aromatic rings. The Kier molecular flexibility index (Phi) is 3.05. The molecule has 1 saturated heterocycles. The van der Waals surface area contributed by atoms with Crippen molar-refractivity contribution >= 4 is 21.8 Å². The molecule has 2 heterocycles. The van der Waals surface area contributed by atoms with E-state index in [4.69, 9.17) is 0 Å². The van der Waals surface area contributed by atoms with E-state index in [1.54, 1.807) is 6.20 Å². The van der Waals surface area contributed by atoms with Gasteiger partial charge < -0.3 is 4.90 Å². The summed E-state index contributed by atoms with van der Waals surface area (Å²) in [5, 5.41) is 0. The minimum Gasteiger partial charge on any atom is -0.336 e. The molecule has 1 fully saturated rings. The molecule has 0 aromatic carbocycles. The first kappa shape index (κ1) is 10.6. The number of carbonyl (C=O) groups is 1. The van der Waals surface area contributed by atoms with Crippen LogP contribution in [-0.4, -0.2) is 27.2 Å². The van der Waals surface area contributed by atoms with E-state index in [1.165, 1.54) is 0 Å². The first-order valence-electron chi connectivity index (χ1n) is 5.02. The Balaban J connectivity index is 2.10. The van der Waals surface area contributed by atoms with Crippen molar-refractivity contribution in [1.29, 1.82) is 0 Å². The summed E-state index contributed by atoms with van der Waals surface area (Å²) in [5.41, 5.74) is 2.13. The monoisotopic (exact) mass is 268 g/mol. The summed E-state index contributed by atoms with van der Waals surface area (Å²) in [6.45, 7) is 3.48. The van der Waals surface area contributed by atoms with Crippen LogP contribution < -0.4 is 0 Å². The van der Waals surface area contributed by atoms with Crippen molar-refractivity contribution in [2.75, 3.05) is 6.54 Å². The van der Waals surface area contributed by atoms with Crippen LogP contribution in [0.4, 0.5) is 0 Å². The normalized spacial score (nSPS) is 21.1. The van der Waals surface area contributed by atoms with Crippen molar-refractivity contribution < 1.29 is 4.79 Å². The van der Waals surface area contributed by atoms with Crippen molar-refractivity contribution in [2.45, 2.75) is 24.7 Å². The van der Waals surface area contributed by atoms with Gasteiger partial charge in [-0.25, -0.2) is 0 Å². The number of aryl methyl sites for hydroxylation is 1. The lowest BCUT2D eigenvalue weighted by Gasteiger charge is -2.16. The Morgan fingerprint density at radius 3 is 3.07 bits per heavy atom. The lowest BCUT2D eigenvalue weighted by atomic mass is 10.2. The molecule has 80 valence electrons. The number of aromatic nitrogens is 1. The third-order valence-electron chi connectivity index (χ3n) is 2.69. The number of carbonyl (C=O) groups excluding carboxylic acids is 1. The molecule has 0 N–H and O–H groups in total. The third-order valence-corrected chi connectivity index (χ3v) is 3.54. The Labute approximate surface area is 97.6 Å². The van der Waals surface area contributed by atoms with Gasteiger partial charge in [-0.1, -0.05) is 22.0 Å². The second kappa shape index (κ2) is 4.31. The van der Waals surface area contributed by atoms with Gasteiger partial charge in [0.25, 0.3) is 0 Å². The van der Waals surface area contributed by atoms with Crippen molar-refractivity contribution in [3.8, 4) is 0 Å². The molecule has 0 radical (unpaired) electrons. The summed E-state index contributed by atoms with van der Waals surface area (Å²) in [4.78, 5) is 17.8. The van der Waals surface area contributed by atoms with Gasteiger partial charge >= 0.3 is 0 Å². The van der Waals surface area contributed by atoms with Gasteiger partial charge in [-0.2, -0.15) is 0 Å². The second-order valence-corrected chi connectivity index (χ2v) is 4.89. The van der Waals surface area contributed by atoms with Gasteiger partial charge in [-0.05, 0) is 25.0 Å². The quantitative estimate of drug-likeness (QED) is 0.768. The lowest BCUT2D eigenvalue weighted by molar-refractivity contribution is -0.127. The highest BCUT2D eigenvalue weighted by atomic mass is 79.9. The topological polar surface area (TPSA) is 33.2 Å². The van der Waals surface area contributed by atoms with Crippen LogP contribution in [0.15, 0.2) is 18.3 Å². The standard InChI is InChI=1S/C11H13BrN2O/c1-8-3-2-5-13-10(8)7-14-6-4-9(12)11(14)15/h2-3,5,9H,4,6-7H2,1H3. The van der Waals surface area contributed by atoms with Crippen LogP contribution in [0.1, 0.15) is 17.7 Å². The zero-order valence-electron chi connectivity index (χ0n) is 8.61. The molecule has 1 aromatic heterocycles. The molecule has 15 heavy (non-hydrogen) atoms. The maximum absolute atomic E-state index is 11.7. The summed E-state index contributed by atoms with van der Waals surface area (Å²) in [6, 6.07) is 3.94. The molecule has 0 aliphatic carbocycles. The van der Waals surface area contributed by atoms with Gasteiger partial charge in [-0.3, -0.25) is 9.78 Å². The average molecular weight is 269 g/mol. The highest BCUT2D eigenvalue weighted by Gasteiger charge is 2.29. The van der Waals surface area contributed by atoms with Crippen molar-refractivity contribution in [3.05, 3.63) is 29.6 Å². The van der Waals surface area contributed by atoms with Crippen LogP contribution in [0.5, 0.6) is 0 Å². The fourth-order valence-electron chi connectivity index (χ4n) is 1.72. The molecular formula is C11H13BrN2O. The van der Waals surface area contributed by atoms with Crippen LogP contribution in [0.25, 0.3) is 0 Å².